The van der Waals surface area contributed by atoms with Crippen LogP contribution in [0.5, 0.6) is 5.88 Å². The van der Waals surface area contributed by atoms with E-state index in [-0.39, 0.29) is 5.91 Å². The van der Waals surface area contributed by atoms with E-state index in [2.05, 4.69) is 36.0 Å². The SMILES string of the molecule is CCN(c1ccc(NC(=O)c2ccc(OC)nc2)cc1)C(C)C. The Morgan fingerprint density at radius 3 is 2.39 bits per heavy atom. The van der Waals surface area contributed by atoms with E-state index in [4.69, 9.17) is 4.74 Å². The third-order valence-corrected chi connectivity index (χ3v) is 3.63. The second kappa shape index (κ2) is 7.63. The first-order valence-electron chi connectivity index (χ1n) is 7.73. The van der Waals surface area contributed by atoms with Crippen LogP contribution in [0.2, 0.25) is 0 Å². The van der Waals surface area contributed by atoms with Crippen LogP contribution in [0.4, 0.5) is 11.4 Å². The molecule has 2 rings (SSSR count). The molecule has 122 valence electrons. The maximum Gasteiger partial charge on any atom is 0.257 e. The van der Waals surface area contributed by atoms with Crippen molar-refractivity contribution in [3.63, 3.8) is 0 Å². The Balaban J connectivity index is 2.06. The van der Waals surface area contributed by atoms with E-state index in [1.54, 1.807) is 19.2 Å². The number of amides is 1. The summed E-state index contributed by atoms with van der Waals surface area (Å²) < 4.78 is 4.99. The van der Waals surface area contributed by atoms with Crippen LogP contribution in [0.3, 0.4) is 0 Å². The third kappa shape index (κ3) is 4.22. The highest BCUT2D eigenvalue weighted by Crippen LogP contribution is 2.20. The van der Waals surface area contributed by atoms with Crippen molar-refractivity contribution < 1.29 is 9.53 Å². The van der Waals surface area contributed by atoms with E-state index in [0.717, 1.165) is 17.9 Å². The van der Waals surface area contributed by atoms with Gasteiger partial charge in [0.25, 0.3) is 5.91 Å². The molecule has 0 bridgehead atoms. The number of carbonyl (C=O) groups is 1. The van der Waals surface area contributed by atoms with Crippen LogP contribution in [-0.2, 0) is 0 Å². The molecule has 1 amide bonds. The zero-order valence-corrected chi connectivity index (χ0v) is 14.0. The van der Waals surface area contributed by atoms with Crippen molar-refractivity contribution in [1.82, 2.24) is 4.98 Å². The van der Waals surface area contributed by atoms with E-state index >= 15 is 0 Å². The lowest BCUT2D eigenvalue weighted by Gasteiger charge is -2.27. The molecule has 1 N–H and O–H groups in total. The summed E-state index contributed by atoms with van der Waals surface area (Å²) in [6.45, 7) is 7.40. The van der Waals surface area contributed by atoms with Gasteiger partial charge in [-0.15, -0.1) is 0 Å². The predicted molar refractivity (Wildman–Crippen MR) is 93.3 cm³/mol. The fourth-order valence-electron chi connectivity index (χ4n) is 2.42. The summed E-state index contributed by atoms with van der Waals surface area (Å²) in [5.74, 6) is 0.295. The van der Waals surface area contributed by atoms with Crippen LogP contribution in [-0.4, -0.2) is 30.6 Å². The number of anilines is 2. The summed E-state index contributed by atoms with van der Waals surface area (Å²) in [5.41, 5.74) is 2.40. The van der Waals surface area contributed by atoms with Crippen molar-refractivity contribution in [2.24, 2.45) is 0 Å². The Labute approximate surface area is 137 Å². The van der Waals surface area contributed by atoms with Crippen molar-refractivity contribution in [1.29, 1.82) is 0 Å². The molecule has 1 aromatic heterocycles. The van der Waals surface area contributed by atoms with Crippen molar-refractivity contribution in [3.05, 3.63) is 48.2 Å². The second-order valence-corrected chi connectivity index (χ2v) is 5.47. The molecule has 0 aliphatic carbocycles. The van der Waals surface area contributed by atoms with Gasteiger partial charge in [-0.3, -0.25) is 4.79 Å². The molecule has 23 heavy (non-hydrogen) atoms. The molecule has 0 fully saturated rings. The Hall–Kier alpha value is -2.56. The van der Waals surface area contributed by atoms with Crippen LogP contribution < -0.4 is 15.0 Å². The van der Waals surface area contributed by atoms with Crippen molar-refractivity contribution in [2.45, 2.75) is 26.8 Å². The number of ether oxygens (including phenoxy) is 1. The first-order chi connectivity index (χ1) is 11.0. The summed E-state index contributed by atoms with van der Waals surface area (Å²) >= 11 is 0. The number of aromatic nitrogens is 1. The van der Waals surface area contributed by atoms with Gasteiger partial charge in [-0.25, -0.2) is 4.98 Å². The van der Waals surface area contributed by atoms with Gasteiger partial charge >= 0.3 is 0 Å². The Kier molecular flexibility index (Phi) is 5.57. The summed E-state index contributed by atoms with van der Waals surface area (Å²) in [6, 6.07) is 11.7. The molecule has 0 radical (unpaired) electrons. The maximum atomic E-state index is 12.2. The number of rotatable bonds is 6. The zero-order valence-electron chi connectivity index (χ0n) is 14.0. The van der Waals surface area contributed by atoms with E-state index in [0.29, 0.717) is 17.5 Å². The van der Waals surface area contributed by atoms with Gasteiger partial charge in [0.15, 0.2) is 0 Å². The molecule has 1 heterocycles. The molecule has 1 aromatic carbocycles. The average Bonchev–Trinajstić information content (AvgIpc) is 2.56. The fourth-order valence-corrected chi connectivity index (χ4v) is 2.42. The minimum Gasteiger partial charge on any atom is -0.481 e. The van der Waals surface area contributed by atoms with Crippen LogP contribution in [0.1, 0.15) is 31.1 Å². The van der Waals surface area contributed by atoms with Gasteiger partial charge in [-0.05, 0) is 51.1 Å². The second-order valence-electron chi connectivity index (χ2n) is 5.47. The Morgan fingerprint density at radius 2 is 1.91 bits per heavy atom. The monoisotopic (exact) mass is 313 g/mol. The van der Waals surface area contributed by atoms with Crippen LogP contribution in [0.25, 0.3) is 0 Å². The number of hydrogen-bond acceptors (Lipinski definition) is 4. The molecule has 0 saturated carbocycles. The number of benzene rings is 1. The molecular weight excluding hydrogens is 290 g/mol. The van der Waals surface area contributed by atoms with Crippen molar-refractivity contribution in [2.75, 3.05) is 23.9 Å². The summed E-state index contributed by atoms with van der Waals surface area (Å²) in [5, 5.41) is 2.87. The summed E-state index contributed by atoms with van der Waals surface area (Å²) in [4.78, 5) is 18.5. The molecule has 5 heteroatoms. The molecule has 0 saturated heterocycles. The van der Waals surface area contributed by atoms with Gasteiger partial charge in [0.2, 0.25) is 5.88 Å². The lowest BCUT2D eigenvalue weighted by molar-refractivity contribution is 0.102. The number of hydrogen-bond donors (Lipinski definition) is 1. The Bertz CT molecular complexity index is 636. The van der Waals surface area contributed by atoms with Gasteiger partial charge in [0.1, 0.15) is 0 Å². The molecule has 0 atom stereocenters. The average molecular weight is 313 g/mol. The lowest BCUT2D eigenvalue weighted by atomic mass is 10.2. The smallest absolute Gasteiger partial charge is 0.257 e. The van der Waals surface area contributed by atoms with E-state index in [9.17, 15) is 4.79 Å². The van der Waals surface area contributed by atoms with Crippen LogP contribution >= 0.6 is 0 Å². The minimum absolute atomic E-state index is 0.191. The molecule has 0 aliphatic rings. The molecule has 5 nitrogen and oxygen atoms in total. The largest absolute Gasteiger partial charge is 0.481 e. The number of pyridine rings is 1. The van der Waals surface area contributed by atoms with E-state index < -0.39 is 0 Å². The first-order valence-corrected chi connectivity index (χ1v) is 7.73. The highest BCUT2D eigenvalue weighted by molar-refractivity contribution is 6.04. The highest BCUT2D eigenvalue weighted by atomic mass is 16.5. The van der Waals surface area contributed by atoms with Crippen LogP contribution in [0.15, 0.2) is 42.6 Å². The molecule has 2 aromatic rings. The van der Waals surface area contributed by atoms with Crippen molar-refractivity contribution >= 4 is 17.3 Å². The normalized spacial score (nSPS) is 10.5. The maximum absolute atomic E-state index is 12.2. The lowest BCUT2D eigenvalue weighted by Crippen LogP contribution is -2.30. The van der Waals surface area contributed by atoms with Gasteiger partial charge in [0, 0.05) is 36.2 Å². The van der Waals surface area contributed by atoms with Crippen molar-refractivity contribution in [3.8, 4) is 5.88 Å². The summed E-state index contributed by atoms with van der Waals surface area (Å²) in [7, 11) is 1.54. The molecule has 0 unspecified atom stereocenters. The van der Waals surface area contributed by atoms with Gasteiger partial charge in [0.05, 0.1) is 12.7 Å². The molecule has 0 aliphatic heterocycles. The number of nitrogens with one attached hydrogen (secondary N) is 1. The topological polar surface area (TPSA) is 54.5 Å². The number of methoxy groups -OCH3 is 1. The predicted octanol–water partition coefficient (Wildman–Crippen LogP) is 3.58. The third-order valence-electron chi connectivity index (χ3n) is 3.63. The Morgan fingerprint density at radius 1 is 1.22 bits per heavy atom. The molecule has 0 spiro atoms. The quantitative estimate of drug-likeness (QED) is 0.885. The summed E-state index contributed by atoms with van der Waals surface area (Å²) in [6.07, 6.45) is 1.50. The van der Waals surface area contributed by atoms with E-state index in [1.165, 1.54) is 6.20 Å². The van der Waals surface area contributed by atoms with Gasteiger partial charge in [-0.2, -0.15) is 0 Å². The standard InChI is InChI=1S/C18H23N3O2/c1-5-21(13(2)3)16-9-7-15(8-10-16)20-18(22)14-6-11-17(23-4)19-12-14/h6-13H,5H2,1-4H3,(H,20,22). The van der Waals surface area contributed by atoms with Gasteiger partial charge in [-0.1, -0.05) is 0 Å². The first kappa shape index (κ1) is 16.8. The molecular formula is C18H23N3O2. The van der Waals surface area contributed by atoms with Crippen LogP contribution in [0, 0.1) is 0 Å². The number of nitrogens with zero attached hydrogens (tertiary/aromatic N) is 2. The zero-order chi connectivity index (χ0) is 16.8. The van der Waals surface area contributed by atoms with E-state index in [1.807, 2.05) is 24.3 Å². The highest BCUT2D eigenvalue weighted by Gasteiger charge is 2.10. The fraction of sp³-hybridized carbons (Fsp3) is 0.333. The van der Waals surface area contributed by atoms with Gasteiger partial charge < -0.3 is 15.0 Å². The number of carbonyl (C=O) groups excluding carboxylic acids is 1. The minimum atomic E-state index is -0.191.